The predicted molar refractivity (Wildman–Crippen MR) is 99.8 cm³/mol. The van der Waals surface area contributed by atoms with Crippen LogP contribution in [-0.4, -0.2) is 22.6 Å². The van der Waals surface area contributed by atoms with Gasteiger partial charge in [0.1, 0.15) is 10.1 Å². The smallest absolute Gasteiger partial charge is 0.104 e. The average Bonchev–Trinajstić information content (AvgIpc) is 3.13. The molecule has 4 rings (SSSR count). The SMILES string of the molecule is CSC1=NC(=C2N=C(SC)c3ccccc32)c2ccccc21. The molecular weight excluding hydrogens is 308 g/mol. The van der Waals surface area contributed by atoms with E-state index >= 15 is 0 Å². The standard InChI is InChI=1S/C18H14N2S2/c1-21-17-13-9-5-3-7-11(13)15(19-17)16-12-8-4-6-10-14(12)18(20-16)22-2/h3-10H,1-2H3. The Labute approximate surface area is 138 Å². The summed E-state index contributed by atoms with van der Waals surface area (Å²) in [5.41, 5.74) is 6.78. The number of thioether (sulfide) groups is 2. The molecule has 0 saturated heterocycles. The van der Waals surface area contributed by atoms with Crippen molar-refractivity contribution in [3.8, 4) is 0 Å². The number of hydrogen-bond acceptors (Lipinski definition) is 4. The summed E-state index contributed by atoms with van der Waals surface area (Å²) in [4.78, 5) is 9.73. The van der Waals surface area contributed by atoms with Gasteiger partial charge in [0, 0.05) is 22.3 Å². The molecule has 2 nitrogen and oxygen atoms in total. The van der Waals surface area contributed by atoms with E-state index in [-0.39, 0.29) is 0 Å². The number of rotatable bonds is 0. The third kappa shape index (κ3) is 1.98. The highest BCUT2D eigenvalue weighted by Gasteiger charge is 2.27. The van der Waals surface area contributed by atoms with Crippen molar-refractivity contribution in [1.29, 1.82) is 0 Å². The van der Waals surface area contributed by atoms with Gasteiger partial charge in [0.15, 0.2) is 0 Å². The Balaban J connectivity index is 2.01. The summed E-state index contributed by atoms with van der Waals surface area (Å²) in [6.45, 7) is 0. The van der Waals surface area contributed by atoms with Crippen molar-refractivity contribution in [2.75, 3.05) is 12.5 Å². The van der Waals surface area contributed by atoms with Crippen LogP contribution in [0.5, 0.6) is 0 Å². The molecule has 4 heteroatoms. The van der Waals surface area contributed by atoms with E-state index in [2.05, 4.69) is 61.0 Å². The second kappa shape index (κ2) is 5.45. The van der Waals surface area contributed by atoms with E-state index < -0.39 is 0 Å². The number of aliphatic imine (C=N–C) groups is 2. The Hall–Kier alpha value is -1.78. The van der Waals surface area contributed by atoms with Crippen molar-refractivity contribution in [2.45, 2.75) is 0 Å². The second-order valence-corrected chi connectivity index (χ2v) is 6.62. The molecule has 0 N–H and O–H groups in total. The monoisotopic (exact) mass is 322 g/mol. The highest BCUT2D eigenvalue weighted by molar-refractivity contribution is 8.14. The first kappa shape index (κ1) is 13.9. The maximum atomic E-state index is 4.87. The first-order valence-electron chi connectivity index (χ1n) is 7.02. The maximum absolute atomic E-state index is 4.87. The first-order chi connectivity index (χ1) is 10.8. The molecule has 0 aromatic heterocycles. The van der Waals surface area contributed by atoms with Gasteiger partial charge in [-0.1, -0.05) is 48.5 Å². The lowest BCUT2D eigenvalue weighted by atomic mass is 10.0. The summed E-state index contributed by atoms with van der Waals surface area (Å²) in [5.74, 6) is 0. The third-order valence-electron chi connectivity index (χ3n) is 3.86. The van der Waals surface area contributed by atoms with Crippen LogP contribution in [0.15, 0.2) is 58.5 Å². The fraction of sp³-hybridized carbons (Fsp3) is 0.111. The van der Waals surface area contributed by atoms with Crippen LogP contribution in [0, 0.1) is 0 Å². The summed E-state index contributed by atoms with van der Waals surface area (Å²) in [7, 11) is 0. The number of nitrogens with zero attached hydrogens (tertiary/aromatic N) is 2. The number of fused-ring (bicyclic) bond motifs is 2. The summed E-state index contributed by atoms with van der Waals surface area (Å²) < 4.78 is 0. The molecule has 108 valence electrons. The van der Waals surface area contributed by atoms with Gasteiger partial charge in [-0.25, -0.2) is 9.98 Å². The van der Waals surface area contributed by atoms with Crippen LogP contribution in [0.4, 0.5) is 0 Å². The lowest BCUT2D eigenvalue weighted by Crippen LogP contribution is -1.91. The molecule has 2 aliphatic rings. The van der Waals surface area contributed by atoms with Crippen molar-refractivity contribution in [3.63, 3.8) is 0 Å². The van der Waals surface area contributed by atoms with Gasteiger partial charge in [-0.15, -0.1) is 23.5 Å². The Morgan fingerprint density at radius 1 is 0.591 bits per heavy atom. The largest absolute Gasteiger partial charge is 0.239 e. The first-order valence-corrected chi connectivity index (χ1v) is 9.47. The Bertz CT molecular complexity index is 791. The zero-order chi connectivity index (χ0) is 15.1. The van der Waals surface area contributed by atoms with Crippen LogP contribution < -0.4 is 0 Å². The molecule has 0 fully saturated rings. The Kier molecular flexibility index (Phi) is 3.43. The Morgan fingerprint density at radius 2 is 0.955 bits per heavy atom. The zero-order valence-electron chi connectivity index (χ0n) is 12.3. The zero-order valence-corrected chi connectivity index (χ0v) is 14.0. The summed E-state index contributed by atoms with van der Waals surface area (Å²) >= 11 is 3.38. The molecule has 2 heterocycles. The molecule has 2 aromatic carbocycles. The van der Waals surface area contributed by atoms with E-state index in [0.29, 0.717) is 0 Å². The van der Waals surface area contributed by atoms with Crippen molar-refractivity contribution in [1.82, 2.24) is 0 Å². The van der Waals surface area contributed by atoms with Crippen LogP contribution in [0.2, 0.25) is 0 Å². The molecule has 0 spiro atoms. The minimum absolute atomic E-state index is 0.997. The molecule has 0 amide bonds. The topological polar surface area (TPSA) is 24.7 Å². The molecule has 0 unspecified atom stereocenters. The van der Waals surface area contributed by atoms with Crippen LogP contribution in [0.25, 0.3) is 11.4 Å². The molecular formula is C18H14N2S2. The lowest BCUT2D eigenvalue weighted by molar-refractivity contribution is 1.50. The minimum Gasteiger partial charge on any atom is -0.239 e. The predicted octanol–water partition coefficient (Wildman–Crippen LogP) is 4.76. The van der Waals surface area contributed by atoms with Crippen LogP contribution >= 0.6 is 23.5 Å². The normalized spacial score (nSPS) is 18.8. The lowest BCUT2D eigenvalue weighted by Gasteiger charge is -2.04. The minimum atomic E-state index is 0.997. The van der Waals surface area contributed by atoms with E-state index in [1.54, 1.807) is 23.5 Å². The summed E-state index contributed by atoms with van der Waals surface area (Å²) in [6, 6.07) is 16.8. The van der Waals surface area contributed by atoms with Crippen molar-refractivity contribution >= 4 is 45.0 Å². The van der Waals surface area contributed by atoms with Crippen molar-refractivity contribution in [3.05, 3.63) is 70.8 Å². The van der Waals surface area contributed by atoms with Gasteiger partial charge in [-0.2, -0.15) is 0 Å². The van der Waals surface area contributed by atoms with Crippen LogP contribution in [0.1, 0.15) is 22.3 Å². The maximum Gasteiger partial charge on any atom is 0.104 e. The molecule has 2 aromatic rings. The van der Waals surface area contributed by atoms with Gasteiger partial charge >= 0.3 is 0 Å². The third-order valence-corrected chi connectivity index (χ3v) is 5.26. The molecule has 2 aliphatic heterocycles. The van der Waals surface area contributed by atoms with Gasteiger partial charge in [0.05, 0.1) is 11.4 Å². The van der Waals surface area contributed by atoms with Crippen LogP contribution in [-0.2, 0) is 0 Å². The highest BCUT2D eigenvalue weighted by atomic mass is 32.2. The molecule has 0 radical (unpaired) electrons. The number of benzene rings is 2. The van der Waals surface area contributed by atoms with E-state index in [4.69, 9.17) is 9.98 Å². The second-order valence-electron chi connectivity index (χ2n) is 5.03. The van der Waals surface area contributed by atoms with Crippen LogP contribution in [0.3, 0.4) is 0 Å². The quantitative estimate of drug-likeness (QED) is 0.698. The summed E-state index contributed by atoms with van der Waals surface area (Å²) in [6.07, 6.45) is 4.14. The van der Waals surface area contributed by atoms with Gasteiger partial charge in [-0.05, 0) is 12.5 Å². The van der Waals surface area contributed by atoms with Gasteiger partial charge in [0.25, 0.3) is 0 Å². The number of hydrogen-bond donors (Lipinski definition) is 0. The highest BCUT2D eigenvalue weighted by Crippen LogP contribution is 2.42. The van der Waals surface area contributed by atoms with E-state index in [0.717, 1.165) is 21.5 Å². The van der Waals surface area contributed by atoms with E-state index in [1.807, 2.05) is 0 Å². The molecule has 0 aliphatic carbocycles. The van der Waals surface area contributed by atoms with Crippen molar-refractivity contribution < 1.29 is 0 Å². The van der Waals surface area contributed by atoms with Crippen molar-refractivity contribution in [2.24, 2.45) is 9.98 Å². The van der Waals surface area contributed by atoms with E-state index in [9.17, 15) is 0 Å². The molecule has 0 atom stereocenters. The molecule has 22 heavy (non-hydrogen) atoms. The van der Waals surface area contributed by atoms with E-state index in [1.165, 1.54) is 22.3 Å². The van der Waals surface area contributed by atoms with Gasteiger partial charge in [0.2, 0.25) is 0 Å². The summed E-state index contributed by atoms with van der Waals surface area (Å²) in [5, 5.41) is 2.15. The average molecular weight is 322 g/mol. The van der Waals surface area contributed by atoms with Gasteiger partial charge in [-0.3, -0.25) is 0 Å². The molecule has 0 saturated carbocycles. The Morgan fingerprint density at radius 3 is 1.32 bits per heavy atom. The fourth-order valence-corrected chi connectivity index (χ4v) is 4.03. The van der Waals surface area contributed by atoms with Gasteiger partial charge < -0.3 is 0 Å². The molecule has 0 bridgehead atoms. The fourth-order valence-electron chi connectivity index (χ4n) is 2.87.